The van der Waals surface area contributed by atoms with Crippen LogP contribution in [0.1, 0.15) is 26.7 Å². The molecule has 1 saturated heterocycles. The highest BCUT2D eigenvalue weighted by Crippen LogP contribution is 2.69. The SMILES string of the molecule is CC(=O)O[C@H]1C=C[C@H]2O[C@@]3(O)C(O)C4CCC3(C)[C@H]2[C@@H]41. The van der Waals surface area contributed by atoms with Gasteiger partial charge in [0.15, 0.2) is 5.79 Å². The number of aliphatic hydroxyl groups is 2. The molecule has 3 unspecified atom stereocenters. The van der Waals surface area contributed by atoms with E-state index in [9.17, 15) is 15.0 Å². The molecule has 0 spiro atoms. The molecule has 0 aromatic heterocycles. The third-order valence-corrected chi connectivity index (χ3v) is 6.11. The molecule has 20 heavy (non-hydrogen) atoms. The molecule has 4 bridgehead atoms. The van der Waals surface area contributed by atoms with Gasteiger partial charge in [-0.2, -0.15) is 0 Å². The van der Waals surface area contributed by atoms with Crippen LogP contribution in [0.25, 0.3) is 0 Å². The van der Waals surface area contributed by atoms with Gasteiger partial charge in [0.1, 0.15) is 12.2 Å². The van der Waals surface area contributed by atoms with E-state index in [-0.39, 0.29) is 35.9 Å². The first-order valence-electron chi connectivity index (χ1n) is 7.32. The number of carbonyl (C=O) groups excluding carboxylic acids is 1. The predicted octanol–water partition coefficient (Wildman–Crippen LogP) is 0.598. The molecule has 5 nitrogen and oxygen atoms in total. The van der Waals surface area contributed by atoms with Crippen molar-refractivity contribution in [2.75, 3.05) is 0 Å². The molecule has 5 rings (SSSR count). The molecule has 4 fully saturated rings. The van der Waals surface area contributed by atoms with E-state index >= 15 is 0 Å². The van der Waals surface area contributed by atoms with Crippen LogP contribution in [0.15, 0.2) is 12.2 Å². The number of aliphatic hydroxyl groups excluding tert-OH is 1. The average Bonchev–Trinajstić information content (AvgIpc) is 2.59. The van der Waals surface area contributed by atoms with Crippen molar-refractivity contribution in [2.24, 2.45) is 23.2 Å². The molecule has 4 aliphatic carbocycles. The monoisotopic (exact) mass is 280 g/mol. The van der Waals surface area contributed by atoms with E-state index in [1.54, 1.807) is 0 Å². The Morgan fingerprint density at radius 2 is 2.20 bits per heavy atom. The van der Waals surface area contributed by atoms with E-state index in [1.165, 1.54) is 6.92 Å². The van der Waals surface area contributed by atoms with Gasteiger partial charge in [-0.3, -0.25) is 4.79 Å². The van der Waals surface area contributed by atoms with Crippen LogP contribution in [0, 0.1) is 23.2 Å². The van der Waals surface area contributed by atoms with Gasteiger partial charge in [0.2, 0.25) is 0 Å². The summed E-state index contributed by atoms with van der Waals surface area (Å²) in [6.07, 6.45) is 3.99. The zero-order valence-electron chi connectivity index (χ0n) is 11.7. The third-order valence-electron chi connectivity index (χ3n) is 6.11. The van der Waals surface area contributed by atoms with Crippen LogP contribution in [0.3, 0.4) is 0 Å². The Morgan fingerprint density at radius 3 is 2.90 bits per heavy atom. The van der Waals surface area contributed by atoms with Crippen molar-refractivity contribution < 1.29 is 24.5 Å². The lowest BCUT2D eigenvalue weighted by Gasteiger charge is -2.60. The molecule has 110 valence electrons. The summed E-state index contributed by atoms with van der Waals surface area (Å²) in [5.74, 6) is -1.72. The summed E-state index contributed by atoms with van der Waals surface area (Å²) in [5, 5.41) is 21.4. The number of esters is 1. The topological polar surface area (TPSA) is 76.0 Å². The molecule has 0 amide bonds. The molecular formula is C15H20O5. The van der Waals surface area contributed by atoms with E-state index in [4.69, 9.17) is 9.47 Å². The van der Waals surface area contributed by atoms with Crippen molar-refractivity contribution in [3.05, 3.63) is 12.2 Å². The second kappa shape index (κ2) is 3.64. The molecule has 0 aromatic carbocycles. The molecule has 1 heterocycles. The summed E-state index contributed by atoms with van der Waals surface area (Å²) in [7, 11) is 0. The summed E-state index contributed by atoms with van der Waals surface area (Å²) in [6, 6.07) is 0. The Morgan fingerprint density at radius 1 is 1.45 bits per heavy atom. The minimum absolute atomic E-state index is 0.0328. The maximum absolute atomic E-state index is 11.3. The molecule has 5 aliphatic rings. The second-order valence-corrected chi connectivity index (χ2v) is 6.91. The molecule has 0 radical (unpaired) electrons. The van der Waals surface area contributed by atoms with Gasteiger partial charge in [0.05, 0.1) is 6.10 Å². The lowest BCUT2D eigenvalue weighted by atomic mass is 9.46. The molecule has 5 heteroatoms. The van der Waals surface area contributed by atoms with Crippen LogP contribution in [0.2, 0.25) is 0 Å². The average molecular weight is 280 g/mol. The van der Waals surface area contributed by atoms with Crippen molar-refractivity contribution in [2.45, 2.75) is 50.8 Å². The van der Waals surface area contributed by atoms with Crippen LogP contribution in [-0.4, -0.2) is 40.3 Å². The zero-order valence-corrected chi connectivity index (χ0v) is 11.7. The van der Waals surface area contributed by atoms with E-state index in [2.05, 4.69) is 0 Å². The maximum Gasteiger partial charge on any atom is 0.303 e. The van der Waals surface area contributed by atoms with Crippen LogP contribution < -0.4 is 0 Å². The van der Waals surface area contributed by atoms with Crippen LogP contribution in [0.5, 0.6) is 0 Å². The summed E-state index contributed by atoms with van der Waals surface area (Å²) < 4.78 is 11.3. The number of rotatable bonds is 1. The normalized spacial score (nSPS) is 58.8. The maximum atomic E-state index is 11.3. The van der Waals surface area contributed by atoms with Crippen LogP contribution in [-0.2, 0) is 14.3 Å². The van der Waals surface area contributed by atoms with Crippen molar-refractivity contribution in [3.8, 4) is 0 Å². The van der Waals surface area contributed by atoms with E-state index in [0.29, 0.717) is 0 Å². The fraction of sp³-hybridized carbons (Fsp3) is 0.800. The predicted molar refractivity (Wildman–Crippen MR) is 68.3 cm³/mol. The first-order valence-corrected chi connectivity index (χ1v) is 7.32. The van der Waals surface area contributed by atoms with Crippen LogP contribution in [0.4, 0.5) is 0 Å². The zero-order chi connectivity index (χ0) is 14.3. The highest BCUT2D eigenvalue weighted by molar-refractivity contribution is 5.66. The fourth-order valence-electron chi connectivity index (χ4n) is 5.26. The highest BCUT2D eigenvalue weighted by atomic mass is 16.7. The molecule has 8 atom stereocenters. The van der Waals surface area contributed by atoms with Gasteiger partial charge in [-0.05, 0) is 24.8 Å². The number of hydrogen-bond acceptors (Lipinski definition) is 5. The quantitative estimate of drug-likeness (QED) is 0.543. The van der Waals surface area contributed by atoms with E-state index in [0.717, 1.165) is 12.8 Å². The van der Waals surface area contributed by atoms with Gasteiger partial charge < -0.3 is 19.7 Å². The minimum Gasteiger partial charge on any atom is -0.458 e. The fourth-order valence-corrected chi connectivity index (χ4v) is 5.26. The summed E-state index contributed by atoms with van der Waals surface area (Å²) >= 11 is 0. The molecule has 2 N–H and O–H groups in total. The Balaban J connectivity index is 1.81. The number of ether oxygens (including phenoxy) is 2. The summed E-state index contributed by atoms with van der Waals surface area (Å²) in [5.41, 5.74) is -0.473. The Hall–Kier alpha value is -0.910. The van der Waals surface area contributed by atoms with Gasteiger partial charge in [0, 0.05) is 24.2 Å². The third kappa shape index (κ3) is 1.23. The first-order chi connectivity index (χ1) is 9.38. The molecule has 0 aromatic rings. The molecule has 3 saturated carbocycles. The lowest BCUT2D eigenvalue weighted by molar-refractivity contribution is -0.328. The van der Waals surface area contributed by atoms with Gasteiger partial charge in [-0.1, -0.05) is 13.0 Å². The van der Waals surface area contributed by atoms with Crippen molar-refractivity contribution >= 4 is 5.97 Å². The van der Waals surface area contributed by atoms with Gasteiger partial charge in [-0.15, -0.1) is 0 Å². The Bertz CT molecular complexity index is 502. The van der Waals surface area contributed by atoms with Crippen molar-refractivity contribution in [1.82, 2.24) is 0 Å². The summed E-state index contributed by atoms with van der Waals surface area (Å²) in [6.45, 7) is 3.40. The smallest absolute Gasteiger partial charge is 0.303 e. The number of fused-ring (bicyclic) bond motifs is 1. The largest absolute Gasteiger partial charge is 0.458 e. The Labute approximate surface area is 117 Å². The number of hydrogen-bond donors (Lipinski definition) is 2. The van der Waals surface area contributed by atoms with Crippen LogP contribution >= 0.6 is 0 Å². The molecular weight excluding hydrogens is 260 g/mol. The minimum atomic E-state index is -1.46. The number of carbonyl (C=O) groups is 1. The Kier molecular flexibility index (Phi) is 2.33. The van der Waals surface area contributed by atoms with Gasteiger partial charge in [0.25, 0.3) is 0 Å². The lowest BCUT2D eigenvalue weighted by Crippen LogP contribution is -2.68. The van der Waals surface area contributed by atoms with E-state index < -0.39 is 17.3 Å². The summed E-state index contributed by atoms with van der Waals surface area (Å²) in [4.78, 5) is 11.3. The van der Waals surface area contributed by atoms with Crippen molar-refractivity contribution in [1.29, 1.82) is 0 Å². The van der Waals surface area contributed by atoms with Gasteiger partial charge >= 0.3 is 5.97 Å². The van der Waals surface area contributed by atoms with E-state index in [1.807, 2.05) is 19.1 Å². The molecule has 1 aliphatic heterocycles. The van der Waals surface area contributed by atoms with Crippen molar-refractivity contribution in [3.63, 3.8) is 0 Å². The first kappa shape index (κ1) is 12.8. The second-order valence-electron chi connectivity index (χ2n) is 6.91. The van der Waals surface area contributed by atoms with Gasteiger partial charge in [-0.25, -0.2) is 0 Å². The standard InChI is InChI=1S/C15H20O5/c1-7(16)19-9-3-4-10-12-11(9)8-5-6-14(12,2)15(18,20-10)13(8)17/h3-4,8-13,17-18H,5-6H2,1-2H3/t8?,9-,10+,11-,12+,13?,14?,15-/m0/s1. The highest BCUT2D eigenvalue weighted by Gasteiger charge is 2.76.